The number of aromatic hydroxyl groups is 1. The Kier molecular flexibility index (Phi) is 5.97. The van der Waals surface area contributed by atoms with Crippen molar-refractivity contribution in [2.75, 3.05) is 0 Å². The van der Waals surface area contributed by atoms with E-state index in [9.17, 15) is 9.90 Å². The molecule has 0 bridgehead atoms. The Bertz CT molecular complexity index is 958. The van der Waals surface area contributed by atoms with Gasteiger partial charge in [0.25, 0.3) is 0 Å². The van der Waals surface area contributed by atoms with Crippen LogP contribution in [-0.4, -0.2) is 5.11 Å². The predicted octanol–water partition coefficient (Wildman–Crippen LogP) is 3.91. The molecule has 0 aliphatic carbocycles. The minimum Gasteiger partial charge on any atom is -0.508 e. The fourth-order valence-corrected chi connectivity index (χ4v) is 3.63. The largest absolute Gasteiger partial charge is 0.508 e. The number of hydrogen-bond donors (Lipinski definition) is 2. The van der Waals surface area contributed by atoms with Crippen LogP contribution in [-0.2, 0) is 13.0 Å². The van der Waals surface area contributed by atoms with Gasteiger partial charge in [0.05, 0.1) is 0 Å². The van der Waals surface area contributed by atoms with Gasteiger partial charge in [0.15, 0.2) is 0 Å². The summed E-state index contributed by atoms with van der Waals surface area (Å²) in [6, 6.07) is 15.7. The first-order valence-corrected chi connectivity index (χ1v) is 9.66. The van der Waals surface area contributed by atoms with Gasteiger partial charge in [-0.3, -0.25) is 0 Å². The first kappa shape index (κ1) is 19.2. The third kappa shape index (κ3) is 4.58. The Morgan fingerprint density at radius 3 is 2.48 bits per heavy atom. The van der Waals surface area contributed by atoms with Crippen molar-refractivity contribution in [3.05, 3.63) is 75.6 Å². The zero-order valence-electron chi connectivity index (χ0n) is 16.2. The average Bonchev–Trinajstić information content (AvgIpc) is 2.62. The average molecular weight is 366 g/mol. The van der Waals surface area contributed by atoms with Crippen LogP contribution in [0.2, 0.25) is 0 Å². The van der Waals surface area contributed by atoms with Crippen LogP contribution in [0.1, 0.15) is 49.9 Å². The first-order chi connectivity index (χ1) is 13.0. The van der Waals surface area contributed by atoms with Crippen molar-refractivity contribution >= 4 is 11.0 Å². The molecule has 3 rings (SSSR count). The molecule has 3 aromatic rings. The van der Waals surface area contributed by atoms with Gasteiger partial charge < -0.3 is 14.8 Å². The number of rotatable bonds is 7. The van der Waals surface area contributed by atoms with Gasteiger partial charge in [-0.2, -0.15) is 0 Å². The maximum atomic E-state index is 11.9. The molecule has 4 heteroatoms. The molecule has 3 N–H and O–H groups in total. The minimum atomic E-state index is -0.387. The number of nitrogens with two attached hydrogens (primary N) is 1. The van der Waals surface area contributed by atoms with E-state index in [1.165, 1.54) is 17.2 Å². The van der Waals surface area contributed by atoms with Gasteiger partial charge in [-0.05, 0) is 24.1 Å². The van der Waals surface area contributed by atoms with Gasteiger partial charge in [0.1, 0.15) is 23.9 Å². The van der Waals surface area contributed by atoms with Crippen LogP contribution >= 0.6 is 0 Å². The number of benzene rings is 2. The molecule has 0 aliphatic heterocycles. The molecule has 27 heavy (non-hydrogen) atoms. The number of hydrogen-bond acceptors (Lipinski definition) is 3. The second-order valence-corrected chi connectivity index (χ2v) is 7.47. The summed E-state index contributed by atoms with van der Waals surface area (Å²) in [4.78, 5) is 11.9. The Hall–Kier alpha value is -2.59. The van der Waals surface area contributed by atoms with Gasteiger partial charge in [0.2, 0.25) is 0 Å². The van der Waals surface area contributed by atoms with Gasteiger partial charge in [0, 0.05) is 34.6 Å². The fraction of sp³-hybridized carbons (Fsp3) is 0.348. The van der Waals surface area contributed by atoms with Crippen LogP contribution in [0.5, 0.6) is 5.75 Å². The molecular formula is C23H28NO3+. The number of aryl methyl sites for hydroxylation is 1. The second kappa shape index (κ2) is 8.40. The van der Waals surface area contributed by atoms with E-state index in [-0.39, 0.29) is 11.4 Å². The standard InChI is InChI=1S/C23H27NO3/c1-4-5-16-6-8-17(9-7-16)23(15(2)3)24-14-18-12-22(26)27-21-13-19(25)10-11-20(18)21/h6-13,15,23-25H,4-5,14H2,1-3H3/p+1/t23-/m0/s1. The van der Waals surface area contributed by atoms with Crippen molar-refractivity contribution in [1.29, 1.82) is 0 Å². The van der Waals surface area contributed by atoms with Gasteiger partial charge in [-0.15, -0.1) is 0 Å². The fourth-order valence-electron chi connectivity index (χ4n) is 3.63. The molecule has 1 aromatic heterocycles. The number of fused-ring (bicyclic) bond motifs is 1. The molecule has 2 aromatic carbocycles. The van der Waals surface area contributed by atoms with Crippen LogP contribution < -0.4 is 10.9 Å². The molecule has 0 unspecified atom stereocenters. The molecule has 0 spiro atoms. The van der Waals surface area contributed by atoms with Crippen LogP contribution in [0.15, 0.2) is 57.7 Å². The van der Waals surface area contributed by atoms with E-state index in [0.717, 1.165) is 23.8 Å². The summed E-state index contributed by atoms with van der Waals surface area (Å²) >= 11 is 0. The highest BCUT2D eigenvalue weighted by Gasteiger charge is 2.20. The van der Waals surface area contributed by atoms with Crippen molar-refractivity contribution in [2.24, 2.45) is 5.92 Å². The number of quaternary nitrogens is 1. The molecule has 142 valence electrons. The lowest BCUT2D eigenvalue weighted by Crippen LogP contribution is -2.84. The van der Waals surface area contributed by atoms with E-state index in [1.807, 2.05) is 0 Å². The zero-order valence-corrected chi connectivity index (χ0v) is 16.2. The van der Waals surface area contributed by atoms with E-state index < -0.39 is 0 Å². The monoisotopic (exact) mass is 366 g/mol. The molecule has 0 fully saturated rings. The lowest BCUT2D eigenvalue weighted by molar-refractivity contribution is -0.717. The maximum Gasteiger partial charge on any atom is 0.336 e. The second-order valence-electron chi connectivity index (χ2n) is 7.47. The van der Waals surface area contributed by atoms with E-state index in [4.69, 9.17) is 4.42 Å². The van der Waals surface area contributed by atoms with Gasteiger partial charge in [-0.25, -0.2) is 4.79 Å². The molecule has 0 saturated carbocycles. The highest BCUT2D eigenvalue weighted by atomic mass is 16.4. The van der Waals surface area contributed by atoms with Crippen molar-refractivity contribution in [1.82, 2.24) is 0 Å². The molecule has 0 saturated heterocycles. The molecule has 4 nitrogen and oxygen atoms in total. The molecule has 0 aliphatic rings. The lowest BCUT2D eigenvalue weighted by Gasteiger charge is -2.20. The van der Waals surface area contributed by atoms with Gasteiger partial charge >= 0.3 is 5.63 Å². The minimum absolute atomic E-state index is 0.0963. The van der Waals surface area contributed by atoms with Crippen molar-refractivity contribution < 1.29 is 14.8 Å². The first-order valence-electron chi connectivity index (χ1n) is 9.66. The Labute approximate surface area is 159 Å². The SMILES string of the molecule is CCCc1ccc([C@@H]([NH2+]Cc2cc(=O)oc3cc(O)ccc23)C(C)C)cc1. The van der Waals surface area contributed by atoms with Crippen LogP contribution in [0, 0.1) is 5.92 Å². The Morgan fingerprint density at radius 1 is 1.07 bits per heavy atom. The molecule has 0 amide bonds. The smallest absolute Gasteiger partial charge is 0.336 e. The number of phenolic OH excluding ortho intramolecular Hbond substituents is 1. The topological polar surface area (TPSA) is 67.0 Å². The maximum absolute atomic E-state index is 11.9. The summed E-state index contributed by atoms with van der Waals surface area (Å²) < 4.78 is 5.23. The van der Waals surface area contributed by atoms with E-state index in [1.54, 1.807) is 18.2 Å². The summed E-state index contributed by atoms with van der Waals surface area (Å²) in [7, 11) is 0. The zero-order chi connectivity index (χ0) is 19.4. The molecule has 1 heterocycles. The normalized spacial score (nSPS) is 12.6. The third-order valence-electron chi connectivity index (χ3n) is 5.03. The van der Waals surface area contributed by atoms with E-state index in [0.29, 0.717) is 24.1 Å². The predicted molar refractivity (Wildman–Crippen MR) is 108 cm³/mol. The summed E-state index contributed by atoms with van der Waals surface area (Å²) in [5.41, 5.74) is 3.64. The van der Waals surface area contributed by atoms with Crippen molar-refractivity contribution in [3.8, 4) is 5.75 Å². The summed E-state index contributed by atoms with van der Waals surface area (Å²) in [6.45, 7) is 7.30. The highest BCUT2D eigenvalue weighted by molar-refractivity contribution is 5.81. The van der Waals surface area contributed by atoms with Crippen LogP contribution in [0.3, 0.4) is 0 Å². The van der Waals surface area contributed by atoms with E-state index in [2.05, 4.69) is 50.4 Å². The third-order valence-corrected chi connectivity index (χ3v) is 5.03. The lowest BCUT2D eigenvalue weighted by atomic mass is 9.94. The van der Waals surface area contributed by atoms with E-state index >= 15 is 0 Å². The highest BCUT2D eigenvalue weighted by Crippen LogP contribution is 2.22. The van der Waals surface area contributed by atoms with Crippen molar-refractivity contribution in [3.63, 3.8) is 0 Å². The molecular weight excluding hydrogens is 338 g/mol. The molecule has 0 radical (unpaired) electrons. The van der Waals surface area contributed by atoms with Gasteiger partial charge in [-0.1, -0.05) is 51.5 Å². The van der Waals surface area contributed by atoms with Crippen molar-refractivity contribution in [2.45, 2.75) is 46.2 Å². The Morgan fingerprint density at radius 2 is 1.81 bits per heavy atom. The Balaban J connectivity index is 1.84. The quantitative estimate of drug-likeness (QED) is 0.623. The summed E-state index contributed by atoms with van der Waals surface area (Å²) in [5, 5.41) is 12.8. The number of phenols is 1. The van der Waals surface area contributed by atoms with Crippen LogP contribution in [0.4, 0.5) is 0 Å². The molecule has 1 atom stereocenters. The summed E-state index contributed by atoms with van der Waals surface area (Å²) in [6.07, 6.45) is 2.26. The van der Waals surface area contributed by atoms with Crippen LogP contribution in [0.25, 0.3) is 11.0 Å². The summed E-state index contributed by atoms with van der Waals surface area (Å²) in [5.74, 6) is 0.552.